The van der Waals surface area contributed by atoms with Gasteiger partial charge in [0.15, 0.2) is 0 Å². The molecule has 1 aromatic heterocycles. The lowest BCUT2D eigenvalue weighted by Crippen LogP contribution is -2.39. The first-order valence-electron chi connectivity index (χ1n) is 8.98. The molecule has 1 amide bonds. The summed E-state index contributed by atoms with van der Waals surface area (Å²) >= 11 is 1.78. The first kappa shape index (κ1) is 15.7. The van der Waals surface area contributed by atoms with Crippen molar-refractivity contribution in [2.75, 3.05) is 18.0 Å². The summed E-state index contributed by atoms with van der Waals surface area (Å²) in [7, 11) is 0. The van der Waals surface area contributed by atoms with Crippen LogP contribution in [0.25, 0.3) is 0 Å². The minimum atomic E-state index is 0.235. The van der Waals surface area contributed by atoms with Gasteiger partial charge in [-0.25, -0.2) is 0 Å². The molecule has 126 valence electrons. The standard InChI is InChI=1S/C20H24N2OS/c23-20(16-7-1-2-8-16)21-14-18(19-10-5-13-24-19)22-12-11-15-6-3-4-9-17(15)22/h3-6,9-10,13,16,18H,1-2,7-8,11-12,14H2,(H,21,23)/t18-/m0/s1. The number of para-hydroxylation sites is 1. The van der Waals surface area contributed by atoms with Crippen molar-refractivity contribution in [3.63, 3.8) is 0 Å². The van der Waals surface area contributed by atoms with Gasteiger partial charge >= 0.3 is 0 Å². The molecule has 0 radical (unpaired) electrons. The number of hydrogen-bond acceptors (Lipinski definition) is 3. The van der Waals surface area contributed by atoms with Crippen LogP contribution in [0.15, 0.2) is 41.8 Å². The highest BCUT2D eigenvalue weighted by molar-refractivity contribution is 7.10. The van der Waals surface area contributed by atoms with Crippen LogP contribution in [0.4, 0.5) is 5.69 Å². The fourth-order valence-electron chi connectivity index (χ4n) is 4.06. The summed E-state index contributed by atoms with van der Waals surface area (Å²) in [5.41, 5.74) is 2.74. The molecule has 0 saturated heterocycles. The van der Waals surface area contributed by atoms with Gasteiger partial charge in [-0.1, -0.05) is 37.1 Å². The van der Waals surface area contributed by atoms with Gasteiger partial charge in [-0.2, -0.15) is 0 Å². The van der Waals surface area contributed by atoms with Gasteiger partial charge in [0.1, 0.15) is 0 Å². The summed E-state index contributed by atoms with van der Waals surface area (Å²) in [5.74, 6) is 0.487. The Morgan fingerprint density at radius 1 is 1.21 bits per heavy atom. The van der Waals surface area contributed by atoms with Gasteiger partial charge in [-0.05, 0) is 42.3 Å². The molecule has 4 heteroatoms. The number of thiophene rings is 1. The Labute approximate surface area is 147 Å². The Morgan fingerprint density at radius 3 is 2.83 bits per heavy atom. The maximum Gasteiger partial charge on any atom is 0.223 e. The lowest BCUT2D eigenvalue weighted by Gasteiger charge is -2.30. The molecule has 1 aliphatic carbocycles. The van der Waals surface area contributed by atoms with E-state index >= 15 is 0 Å². The quantitative estimate of drug-likeness (QED) is 0.886. The van der Waals surface area contributed by atoms with Crippen molar-refractivity contribution in [3.05, 3.63) is 52.2 Å². The molecule has 0 bridgehead atoms. The number of hydrogen-bond donors (Lipinski definition) is 1. The highest BCUT2D eigenvalue weighted by atomic mass is 32.1. The predicted molar refractivity (Wildman–Crippen MR) is 99.5 cm³/mol. The fourth-order valence-corrected chi connectivity index (χ4v) is 4.90. The van der Waals surface area contributed by atoms with Crippen LogP contribution in [0, 0.1) is 5.92 Å². The number of carbonyl (C=O) groups excluding carboxylic acids is 1. The third kappa shape index (κ3) is 3.07. The maximum atomic E-state index is 12.5. The monoisotopic (exact) mass is 340 g/mol. The zero-order valence-corrected chi connectivity index (χ0v) is 14.7. The lowest BCUT2D eigenvalue weighted by molar-refractivity contribution is -0.124. The molecule has 3 nitrogen and oxygen atoms in total. The van der Waals surface area contributed by atoms with Gasteiger partial charge in [-0.3, -0.25) is 4.79 Å². The second-order valence-corrected chi connectivity index (χ2v) is 7.81. The largest absolute Gasteiger partial charge is 0.361 e. The van der Waals surface area contributed by atoms with Crippen LogP contribution in [0.1, 0.15) is 42.2 Å². The van der Waals surface area contributed by atoms with E-state index in [-0.39, 0.29) is 17.9 Å². The van der Waals surface area contributed by atoms with E-state index in [2.05, 4.69) is 52.0 Å². The van der Waals surface area contributed by atoms with Gasteiger partial charge in [0.2, 0.25) is 5.91 Å². The summed E-state index contributed by atoms with van der Waals surface area (Å²) < 4.78 is 0. The van der Waals surface area contributed by atoms with Crippen molar-refractivity contribution in [2.24, 2.45) is 5.92 Å². The summed E-state index contributed by atoms with van der Waals surface area (Å²) in [4.78, 5) is 16.3. The molecule has 1 N–H and O–H groups in total. The molecule has 1 fully saturated rings. The fraction of sp³-hybridized carbons (Fsp3) is 0.450. The molecule has 2 heterocycles. The number of carbonyl (C=O) groups is 1. The third-order valence-electron chi connectivity index (χ3n) is 5.37. The van der Waals surface area contributed by atoms with Crippen LogP contribution in [0.5, 0.6) is 0 Å². The first-order valence-corrected chi connectivity index (χ1v) is 9.86. The third-order valence-corrected chi connectivity index (χ3v) is 6.34. The van der Waals surface area contributed by atoms with Crippen LogP contribution in [0.2, 0.25) is 0 Å². The van der Waals surface area contributed by atoms with E-state index in [4.69, 9.17) is 0 Å². The second kappa shape index (κ2) is 6.98. The molecular formula is C20H24N2OS. The van der Waals surface area contributed by atoms with E-state index in [0.717, 1.165) is 25.8 Å². The van der Waals surface area contributed by atoms with E-state index in [1.54, 1.807) is 11.3 Å². The van der Waals surface area contributed by atoms with E-state index < -0.39 is 0 Å². The number of anilines is 1. The molecule has 1 aliphatic heterocycles. The molecule has 0 spiro atoms. The summed E-state index contributed by atoms with van der Waals surface area (Å²) in [6.45, 7) is 1.73. The van der Waals surface area contributed by atoms with Crippen molar-refractivity contribution in [1.82, 2.24) is 5.32 Å². The average molecular weight is 340 g/mol. The zero-order valence-electron chi connectivity index (χ0n) is 13.9. The zero-order chi connectivity index (χ0) is 16.4. The summed E-state index contributed by atoms with van der Waals surface area (Å²) in [5, 5.41) is 5.37. The van der Waals surface area contributed by atoms with Gasteiger partial charge in [-0.15, -0.1) is 11.3 Å². The van der Waals surface area contributed by atoms with Gasteiger partial charge in [0.05, 0.1) is 6.04 Å². The van der Waals surface area contributed by atoms with Crippen molar-refractivity contribution >= 4 is 22.9 Å². The molecule has 1 saturated carbocycles. The number of rotatable bonds is 5. The minimum Gasteiger partial charge on any atom is -0.361 e. The first-order chi connectivity index (χ1) is 11.8. The molecular weight excluding hydrogens is 316 g/mol. The number of nitrogens with one attached hydrogen (secondary N) is 1. The molecule has 2 aromatic rings. The SMILES string of the molecule is O=C(NC[C@@H](c1cccs1)N1CCc2ccccc21)C1CCCC1. The number of fused-ring (bicyclic) bond motifs is 1. The summed E-state index contributed by atoms with van der Waals surface area (Å²) in [6.07, 6.45) is 5.61. The lowest BCUT2D eigenvalue weighted by atomic mass is 10.1. The highest BCUT2D eigenvalue weighted by Gasteiger charge is 2.29. The van der Waals surface area contributed by atoms with E-state index in [0.29, 0.717) is 6.54 Å². The van der Waals surface area contributed by atoms with Gasteiger partial charge in [0, 0.05) is 29.6 Å². The molecule has 24 heavy (non-hydrogen) atoms. The molecule has 1 aromatic carbocycles. The molecule has 1 atom stereocenters. The Morgan fingerprint density at radius 2 is 2.04 bits per heavy atom. The Bertz CT molecular complexity index is 691. The normalized spacial score (nSPS) is 18.6. The minimum absolute atomic E-state index is 0.235. The van der Waals surface area contributed by atoms with Gasteiger partial charge in [0.25, 0.3) is 0 Å². The highest BCUT2D eigenvalue weighted by Crippen LogP contribution is 2.36. The van der Waals surface area contributed by atoms with E-state index in [1.165, 1.54) is 29.0 Å². The maximum absolute atomic E-state index is 12.5. The topological polar surface area (TPSA) is 32.3 Å². The van der Waals surface area contributed by atoms with Crippen molar-refractivity contribution in [1.29, 1.82) is 0 Å². The van der Waals surface area contributed by atoms with Crippen LogP contribution in [-0.2, 0) is 11.2 Å². The average Bonchev–Trinajstić information content (AvgIpc) is 3.37. The number of amides is 1. The smallest absolute Gasteiger partial charge is 0.223 e. The Hall–Kier alpha value is -1.81. The molecule has 2 aliphatic rings. The van der Waals surface area contributed by atoms with E-state index in [1.807, 2.05) is 0 Å². The van der Waals surface area contributed by atoms with Crippen molar-refractivity contribution in [2.45, 2.75) is 38.1 Å². The van der Waals surface area contributed by atoms with Crippen molar-refractivity contribution < 1.29 is 4.79 Å². The van der Waals surface area contributed by atoms with Crippen LogP contribution < -0.4 is 10.2 Å². The number of benzene rings is 1. The number of nitrogens with zero attached hydrogens (tertiary/aromatic N) is 1. The Kier molecular flexibility index (Phi) is 4.56. The van der Waals surface area contributed by atoms with Crippen LogP contribution in [0.3, 0.4) is 0 Å². The van der Waals surface area contributed by atoms with Crippen LogP contribution in [-0.4, -0.2) is 19.0 Å². The van der Waals surface area contributed by atoms with E-state index in [9.17, 15) is 4.79 Å². The predicted octanol–water partition coefficient (Wildman–Crippen LogP) is 4.16. The second-order valence-electron chi connectivity index (χ2n) is 6.83. The molecule has 0 unspecified atom stereocenters. The van der Waals surface area contributed by atoms with Gasteiger partial charge < -0.3 is 10.2 Å². The molecule has 4 rings (SSSR count). The Balaban J connectivity index is 1.52. The van der Waals surface area contributed by atoms with Crippen molar-refractivity contribution in [3.8, 4) is 0 Å². The summed E-state index contributed by atoms with van der Waals surface area (Å²) in [6, 6.07) is 13.2. The van der Waals surface area contributed by atoms with Crippen LogP contribution >= 0.6 is 11.3 Å².